The molecular formula is C18H17Cl2NO4S. The monoisotopic (exact) mass is 413 g/mol. The van der Waals surface area contributed by atoms with Crippen LogP contribution in [0.25, 0.3) is 0 Å². The van der Waals surface area contributed by atoms with E-state index in [0.717, 1.165) is 5.56 Å². The molecule has 2 aromatic rings. The summed E-state index contributed by atoms with van der Waals surface area (Å²) in [6.07, 6.45) is 0. The predicted molar refractivity (Wildman–Crippen MR) is 102 cm³/mol. The fraction of sp³-hybridized carbons (Fsp3) is 0.167. The van der Waals surface area contributed by atoms with Gasteiger partial charge in [0.2, 0.25) is 10.0 Å². The first-order chi connectivity index (χ1) is 12.0. The molecule has 0 fully saturated rings. The largest absolute Gasteiger partial charge is 0.506 e. The van der Waals surface area contributed by atoms with Crippen molar-refractivity contribution in [3.63, 3.8) is 0 Å². The van der Waals surface area contributed by atoms with E-state index in [-0.39, 0.29) is 31.8 Å². The molecule has 2 aromatic carbocycles. The van der Waals surface area contributed by atoms with Crippen molar-refractivity contribution in [3.05, 3.63) is 69.7 Å². The van der Waals surface area contributed by atoms with Crippen molar-refractivity contribution >= 4 is 39.0 Å². The van der Waals surface area contributed by atoms with Crippen LogP contribution < -0.4 is 4.72 Å². The number of halogens is 2. The molecule has 0 amide bonds. The van der Waals surface area contributed by atoms with Crippen LogP contribution in [-0.2, 0) is 14.8 Å². The van der Waals surface area contributed by atoms with Crippen LogP contribution in [0.2, 0.25) is 10.0 Å². The molecule has 26 heavy (non-hydrogen) atoms. The summed E-state index contributed by atoms with van der Waals surface area (Å²) in [6.45, 7) is 6.73. The van der Waals surface area contributed by atoms with Gasteiger partial charge in [-0.2, -0.15) is 4.72 Å². The zero-order valence-electron chi connectivity index (χ0n) is 14.1. The number of nitrogens with one attached hydrogen (secondary N) is 1. The minimum atomic E-state index is -4.01. The number of hydrogen-bond acceptors (Lipinski definition) is 4. The van der Waals surface area contributed by atoms with Crippen molar-refractivity contribution < 1.29 is 18.3 Å². The third-order valence-corrected chi connectivity index (χ3v) is 5.72. The molecule has 2 rings (SSSR count). The van der Waals surface area contributed by atoms with Crippen molar-refractivity contribution in [2.45, 2.75) is 24.8 Å². The van der Waals surface area contributed by atoms with Crippen LogP contribution in [0.15, 0.2) is 53.4 Å². The van der Waals surface area contributed by atoms with E-state index in [0.29, 0.717) is 0 Å². The number of phenolic OH excluding ortho intramolecular Hbond substituents is 1. The summed E-state index contributed by atoms with van der Waals surface area (Å²) in [6, 6.07) is 7.60. The van der Waals surface area contributed by atoms with Crippen LogP contribution in [-0.4, -0.2) is 19.3 Å². The second-order valence-corrected chi connectivity index (χ2v) is 8.33. The third kappa shape index (κ3) is 4.45. The Balaban J connectivity index is 2.55. The zero-order valence-corrected chi connectivity index (χ0v) is 16.4. The summed E-state index contributed by atoms with van der Waals surface area (Å²) in [5.74, 6) is -0.827. The Morgan fingerprint density at radius 2 is 1.77 bits per heavy atom. The Morgan fingerprint density at radius 3 is 2.31 bits per heavy atom. The van der Waals surface area contributed by atoms with E-state index in [1.807, 2.05) is 6.92 Å². The van der Waals surface area contributed by atoms with Gasteiger partial charge in [0.1, 0.15) is 5.75 Å². The van der Waals surface area contributed by atoms with Gasteiger partial charge in [-0.25, -0.2) is 8.42 Å². The van der Waals surface area contributed by atoms with Crippen molar-refractivity contribution in [1.29, 1.82) is 0 Å². The molecule has 0 saturated carbocycles. The number of hydrogen-bond donors (Lipinski definition) is 2. The van der Waals surface area contributed by atoms with Crippen molar-refractivity contribution in [1.82, 2.24) is 4.72 Å². The van der Waals surface area contributed by atoms with Gasteiger partial charge in [-0.1, -0.05) is 47.5 Å². The Hall–Kier alpha value is -1.86. The maximum absolute atomic E-state index is 12.7. The Labute approximate surface area is 162 Å². The molecule has 0 radical (unpaired) electrons. The molecule has 0 spiro atoms. The van der Waals surface area contributed by atoms with Gasteiger partial charge in [0.05, 0.1) is 16.0 Å². The zero-order chi connectivity index (χ0) is 19.6. The second-order valence-electron chi connectivity index (χ2n) is 5.77. The molecule has 0 unspecified atom stereocenters. The summed E-state index contributed by atoms with van der Waals surface area (Å²) >= 11 is 11.9. The fourth-order valence-electron chi connectivity index (χ4n) is 2.27. The molecule has 8 heteroatoms. The highest BCUT2D eigenvalue weighted by Gasteiger charge is 2.28. The quantitative estimate of drug-likeness (QED) is 0.695. The van der Waals surface area contributed by atoms with Crippen LogP contribution in [0.3, 0.4) is 0 Å². The summed E-state index contributed by atoms with van der Waals surface area (Å²) in [5, 5.41) is 10.4. The van der Waals surface area contributed by atoms with Crippen molar-refractivity contribution in [2.75, 3.05) is 0 Å². The summed E-state index contributed by atoms with van der Waals surface area (Å²) in [7, 11) is -4.01. The molecule has 0 bridgehead atoms. The fourth-order valence-corrected chi connectivity index (χ4v) is 3.99. The number of aromatic hydroxyl groups is 1. The van der Waals surface area contributed by atoms with Crippen LogP contribution in [0.1, 0.15) is 24.1 Å². The van der Waals surface area contributed by atoms with Crippen LogP contribution in [0.4, 0.5) is 0 Å². The average molecular weight is 414 g/mol. The first-order valence-electron chi connectivity index (χ1n) is 7.49. The molecule has 0 saturated heterocycles. The van der Waals surface area contributed by atoms with Crippen LogP contribution in [0.5, 0.6) is 5.75 Å². The molecule has 0 heterocycles. The number of benzene rings is 2. The minimum Gasteiger partial charge on any atom is -0.506 e. The number of ketones is 1. The van der Waals surface area contributed by atoms with Gasteiger partial charge in [-0.3, -0.25) is 4.79 Å². The summed E-state index contributed by atoms with van der Waals surface area (Å²) in [4.78, 5) is 11.8. The van der Waals surface area contributed by atoms with E-state index < -0.39 is 21.8 Å². The highest BCUT2D eigenvalue weighted by atomic mass is 35.5. The van der Waals surface area contributed by atoms with E-state index in [4.69, 9.17) is 23.2 Å². The van der Waals surface area contributed by atoms with E-state index >= 15 is 0 Å². The SMILES string of the molecule is C=C(C(C)=O)[C@@H](NS(=O)(=O)c1ccc(C)cc1)c1cc(Cl)cc(Cl)c1O. The number of Topliss-reactive ketones (excluding diaryl/α,β-unsaturated/α-hetero) is 1. The Kier molecular flexibility index (Phi) is 6.13. The highest BCUT2D eigenvalue weighted by Crippen LogP contribution is 2.38. The number of phenols is 1. The van der Waals surface area contributed by atoms with Crippen LogP contribution in [0, 0.1) is 6.92 Å². The van der Waals surface area contributed by atoms with Crippen molar-refractivity contribution in [2.24, 2.45) is 0 Å². The Morgan fingerprint density at radius 1 is 1.19 bits per heavy atom. The lowest BCUT2D eigenvalue weighted by Crippen LogP contribution is -2.31. The summed E-state index contributed by atoms with van der Waals surface area (Å²) in [5.41, 5.74) is 0.876. The number of carbonyl (C=O) groups is 1. The molecule has 0 aliphatic heterocycles. The van der Waals surface area contributed by atoms with E-state index in [1.165, 1.54) is 31.2 Å². The van der Waals surface area contributed by atoms with Gasteiger partial charge >= 0.3 is 0 Å². The van der Waals surface area contributed by atoms with E-state index in [2.05, 4.69) is 11.3 Å². The van der Waals surface area contributed by atoms with Gasteiger partial charge in [0.25, 0.3) is 0 Å². The van der Waals surface area contributed by atoms with E-state index in [1.54, 1.807) is 12.1 Å². The predicted octanol–water partition coefficient (Wildman–Crippen LogP) is 4.17. The first-order valence-corrected chi connectivity index (χ1v) is 9.73. The normalized spacial score (nSPS) is 12.6. The van der Waals surface area contributed by atoms with Crippen LogP contribution >= 0.6 is 23.2 Å². The molecule has 0 aromatic heterocycles. The molecule has 0 aliphatic carbocycles. The minimum absolute atomic E-state index is 0.0112. The van der Waals surface area contributed by atoms with Gasteiger partial charge in [-0.15, -0.1) is 0 Å². The molecule has 138 valence electrons. The van der Waals surface area contributed by atoms with Crippen molar-refractivity contribution in [3.8, 4) is 5.75 Å². The number of carbonyl (C=O) groups excluding carboxylic acids is 1. The summed E-state index contributed by atoms with van der Waals surface area (Å²) < 4.78 is 27.8. The maximum Gasteiger partial charge on any atom is 0.241 e. The highest BCUT2D eigenvalue weighted by molar-refractivity contribution is 7.89. The van der Waals surface area contributed by atoms with Gasteiger partial charge in [-0.05, 0) is 38.1 Å². The smallest absolute Gasteiger partial charge is 0.241 e. The number of sulfonamides is 1. The molecule has 5 nitrogen and oxygen atoms in total. The molecule has 2 N–H and O–H groups in total. The van der Waals surface area contributed by atoms with Gasteiger partial charge in [0.15, 0.2) is 5.78 Å². The van der Waals surface area contributed by atoms with E-state index in [9.17, 15) is 18.3 Å². The topological polar surface area (TPSA) is 83.5 Å². The first kappa shape index (κ1) is 20.5. The lowest BCUT2D eigenvalue weighted by atomic mass is 9.97. The molecular weight excluding hydrogens is 397 g/mol. The lowest BCUT2D eigenvalue weighted by Gasteiger charge is -2.22. The number of aryl methyl sites for hydroxylation is 1. The van der Waals surface area contributed by atoms with Gasteiger partial charge in [0, 0.05) is 16.2 Å². The van der Waals surface area contributed by atoms with Gasteiger partial charge < -0.3 is 5.11 Å². The standard InChI is InChI=1S/C18H17Cl2NO4S/c1-10-4-6-14(7-5-10)26(24,25)21-17(11(2)12(3)22)15-8-13(19)9-16(20)18(15)23/h4-9,17,21,23H,2H2,1,3H3/t17-/m1/s1. The second kappa shape index (κ2) is 7.80. The molecule has 0 aliphatic rings. The molecule has 1 atom stereocenters. The average Bonchev–Trinajstić information content (AvgIpc) is 2.55. The third-order valence-electron chi connectivity index (χ3n) is 3.77. The maximum atomic E-state index is 12.7. The lowest BCUT2D eigenvalue weighted by molar-refractivity contribution is -0.113. The number of rotatable bonds is 6. The Bertz CT molecular complexity index is 969.